The molecule has 1 fully saturated rings. The Labute approximate surface area is 184 Å². The predicted octanol–water partition coefficient (Wildman–Crippen LogP) is 2.56. The molecule has 1 aliphatic rings. The molecule has 2 aromatic rings. The number of nitrogens with one attached hydrogen (secondary N) is 1. The highest BCUT2D eigenvalue weighted by atomic mass is 32.2. The van der Waals surface area contributed by atoms with Crippen molar-refractivity contribution in [2.75, 3.05) is 32.1 Å². The summed E-state index contributed by atoms with van der Waals surface area (Å²) in [5.74, 6) is -3.03. The minimum absolute atomic E-state index is 0.0594. The Bertz CT molecular complexity index is 1080. The summed E-state index contributed by atoms with van der Waals surface area (Å²) in [6, 6.07) is 8.82. The molecular weight excluding hydrogens is 446 g/mol. The number of anilines is 1. The van der Waals surface area contributed by atoms with E-state index < -0.39 is 51.0 Å². The third-order valence-electron chi connectivity index (χ3n) is 5.02. The van der Waals surface area contributed by atoms with E-state index in [0.29, 0.717) is 17.5 Å². The van der Waals surface area contributed by atoms with Gasteiger partial charge in [0.15, 0.2) is 6.61 Å². The number of hydrogen-bond donors (Lipinski definition) is 1. The van der Waals surface area contributed by atoms with E-state index in [1.54, 1.807) is 24.3 Å². The van der Waals surface area contributed by atoms with Crippen LogP contribution in [0.15, 0.2) is 47.4 Å². The summed E-state index contributed by atoms with van der Waals surface area (Å²) in [7, 11) is -2.72. The van der Waals surface area contributed by atoms with E-state index in [4.69, 9.17) is 9.47 Å². The van der Waals surface area contributed by atoms with Crippen LogP contribution < -0.4 is 10.1 Å². The molecule has 1 saturated heterocycles. The van der Waals surface area contributed by atoms with Gasteiger partial charge in [0, 0.05) is 18.8 Å². The molecule has 0 aromatic heterocycles. The van der Waals surface area contributed by atoms with Crippen molar-refractivity contribution in [2.24, 2.45) is 5.92 Å². The first-order valence-corrected chi connectivity index (χ1v) is 11.2. The maximum atomic E-state index is 13.9. The lowest BCUT2D eigenvalue weighted by molar-refractivity contribution is -0.152. The van der Waals surface area contributed by atoms with Crippen LogP contribution in [-0.2, 0) is 24.3 Å². The standard InChI is InChI=1S/C21H22F2N2O6S/c1-30-17-5-3-16(4-6-17)24-20(26)13-31-21(27)14-8-10-25(11-9-14)32(28,29)19-12-15(22)2-7-18(19)23/h2-7,12,14H,8-11,13H2,1H3,(H,24,26). The van der Waals surface area contributed by atoms with Gasteiger partial charge in [-0.05, 0) is 55.3 Å². The molecule has 0 atom stereocenters. The predicted molar refractivity (Wildman–Crippen MR) is 110 cm³/mol. The lowest BCUT2D eigenvalue weighted by atomic mass is 9.98. The van der Waals surface area contributed by atoms with Gasteiger partial charge in [0.2, 0.25) is 10.0 Å². The smallest absolute Gasteiger partial charge is 0.309 e. The lowest BCUT2D eigenvalue weighted by Gasteiger charge is -2.30. The number of rotatable bonds is 7. The van der Waals surface area contributed by atoms with Crippen molar-refractivity contribution in [3.8, 4) is 5.75 Å². The molecule has 0 saturated carbocycles. The van der Waals surface area contributed by atoms with Gasteiger partial charge in [0.25, 0.3) is 5.91 Å². The minimum Gasteiger partial charge on any atom is -0.497 e. The van der Waals surface area contributed by atoms with Gasteiger partial charge in [0.05, 0.1) is 13.0 Å². The molecule has 172 valence electrons. The van der Waals surface area contributed by atoms with E-state index >= 15 is 0 Å². The molecule has 8 nitrogen and oxygen atoms in total. The van der Waals surface area contributed by atoms with Crippen LogP contribution in [0.2, 0.25) is 0 Å². The third kappa shape index (κ3) is 5.60. The number of esters is 1. The fraction of sp³-hybridized carbons (Fsp3) is 0.333. The fourth-order valence-corrected chi connectivity index (χ4v) is 4.82. The van der Waals surface area contributed by atoms with Gasteiger partial charge in [-0.1, -0.05) is 0 Å². The van der Waals surface area contributed by atoms with Crippen LogP contribution in [0, 0.1) is 17.6 Å². The number of carbonyl (C=O) groups excluding carboxylic acids is 2. The number of piperidine rings is 1. The number of halogens is 2. The molecule has 1 heterocycles. The Hall–Kier alpha value is -3.05. The first kappa shape index (κ1) is 23.6. The quantitative estimate of drug-likeness (QED) is 0.627. The molecule has 1 N–H and O–H groups in total. The fourth-order valence-electron chi connectivity index (χ4n) is 3.27. The van der Waals surface area contributed by atoms with Crippen molar-refractivity contribution in [3.05, 3.63) is 54.1 Å². The average Bonchev–Trinajstić information content (AvgIpc) is 2.79. The summed E-state index contributed by atoms with van der Waals surface area (Å²) >= 11 is 0. The second-order valence-corrected chi connectivity index (χ2v) is 9.04. The number of ether oxygens (including phenoxy) is 2. The van der Waals surface area contributed by atoms with Crippen LogP contribution in [0.25, 0.3) is 0 Å². The zero-order chi connectivity index (χ0) is 23.3. The van der Waals surface area contributed by atoms with Gasteiger partial charge in [-0.15, -0.1) is 0 Å². The van der Waals surface area contributed by atoms with Gasteiger partial charge in [-0.3, -0.25) is 9.59 Å². The van der Waals surface area contributed by atoms with Crippen LogP contribution >= 0.6 is 0 Å². The summed E-state index contributed by atoms with van der Waals surface area (Å²) in [4.78, 5) is 23.5. The van der Waals surface area contributed by atoms with Crippen LogP contribution in [-0.4, -0.2) is 51.4 Å². The SMILES string of the molecule is COc1ccc(NC(=O)COC(=O)C2CCN(S(=O)(=O)c3cc(F)ccc3F)CC2)cc1. The van der Waals surface area contributed by atoms with E-state index in [0.717, 1.165) is 16.4 Å². The normalized spacial score (nSPS) is 15.2. The molecule has 0 radical (unpaired) electrons. The summed E-state index contributed by atoms with van der Waals surface area (Å²) in [6.07, 6.45) is 0.268. The number of methoxy groups -OCH3 is 1. The maximum Gasteiger partial charge on any atom is 0.309 e. The molecule has 1 aliphatic heterocycles. The molecule has 2 aromatic carbocycles. The number of carbonyl (C=O) groups is 2. The Morgan fingerprint density at radius 1 is 1.09 bits per heavy atom. The average molecular weight is 468 g/mol. The van der Waals surface area contributed by atoms with Gasteiger partial charge in [-0.25, -0.2) is 17.2 Å². The van der Waals surface area contributed by atoms with Crippen molar-refractivity contribution in [1.29, 1.82) is 0 Å². The molecule has 0 bridgehead atoms. The molecule has 0 unspecified atom stereocenters. The van der Waals surface area contributed by atoms with Gasteiger partial charge < -0.3 is 14.8 Å². The summed E-state index contributed by atoms with van der Waals surface area (Å²) in [5, 5.41) is 2.58. The van der Waals surface area contributed by atoms with Crippen molar-refractivity contribution in [3.63, 3.8) is 0 Å². The van der Waals surface area contributed by atoms with Gasteiger partial charge >= 0.3 is 5.97 Å². The van der Waals surface area contributed by atoms with E-state index in [1.807, 2.05) is 0 Å². The number of hydrogen-bond acceptors (Lipinski definition) is 6. The molecule has 32 heavy (non-hydrogen) atoms. The first-order valence-electron chi connectivity index (χ1n) is 9.76. The Balaban J connectivity index is 1.49. The maximum absolute atomic E-state index is 13.9. The Kier molecular flexibility index (Phi) is 7.41. The Morgan fingerprint density at radius 3 is 2.38 bits per heavy atom. The lowest BCUT2D eigenvalue weighted by Crippen LogP contribution is -2.41. The zero-order valence-corrected chi connectivity index (χ0v) is 18.0. The summed E-state index contributed by atoms with van der Waals surface area (Å²) < 4.78 is 63.6. The largest absolute Gasteiger partial charge is 0.497 e. The second kappa shape index (κ2) is 10.0. The topological polar surface area (TPSA) is 102 Å². The van der Waals surface area contributed by atoms with E-state index in [1.165, 1.54) is 7.11 Å². The van der Waals surface area contributed by atoms with Crippen LogP contribution in [0.5, 0.6) is 5.75 Å². The minimum atomic E-state index is -4.24. The van der Waals surface area contributed by atoms with Crippen LogP contribution in [0.4, 0.5) is 14.5 Å². The highest BCUT2D eigenvalue weighted by molar-refractivity contribution is 7.89. The van der Waals surface area contributed by atoms with E-state index in [-0.39, 0.29) is 25.9 Å². The number of sulfonamides is 1. The first-order chi connectivity index (χ1) is 15.2. The van der Waals surface area contributed by atoms with Gasteiger partial charge in [0.1, 0.15) is 22.3 Å². The molecule has 0 aliphatic carbocycles. The number of amides is 1. The zero-order valence-electron chi connectivity index (χ0n) is 17.2. The Morgan fingerprint density at radius 2 is 1.75 bits per heavy atom. The van der Waals surface area contributed by atoms with E-state index in [2.05, 4.69) is 5.32 Å². The molecule has 11 heteroatoms. The highest BCUT2D eigenvalue weighted by Crippen LogP contribution is 2.26. The third-order valence-corrected chi connectivity index (χ3v) is 6.93. The molecule has 1 amide bonds. The highest BCUT2D eigenvalue weighted by Gasteiger charge is 2.34. The van der Waals surface area contributed by atoms with Crippen LogP contribution in [0.3, 0.4) is 0 Å². The summed E-state index contributed by atoms with van der Waals surface area (Å²) in [6.45, 7) is -0.607. The van der Waals surface area contributed by atoms with Crippen molar-refractivity contribution in [2.45, 2.75) is 17.7 Å². The molecule has 3 rings (SSSR count). The van der Waals surface area contributed by atoms with Crippen molar-refractivity contribution in [1.82, 2.24) is 4.31 Å². The van der Waals surface area contributed by atoms with Crippen LogP contribution in [0.1, 0.15) is 12.8 Å². The van der Waals surface area contributed by atoms with Gasteiger partial charge in [-0.2, -0.15) is 4.31 Å². The molecular formula is C21H22F2N2O6S. The monoisotopic (exact) mass is 468 g/mol. The van der Waals surface area contributed by atoms with Crippen molar-refractivity contribution < 1.29 is 36.3 Å². The summed E-state index contributed by atoms with van der Waals surface area (Å²) in [5.41, 5.74) is 0.509. The second-order valence-electron chi connectivity index (χ2n) is 7.14. The number of benzene rings is 2. The van der Waals surface area contributed by atoms with E-state index in [9.17, 15) is 26.8 Å². The molecule has 0 spiro atoms. The van der Waals surface area contributed by atoms with Crippen molar-refractivity contribution >= 4 is 27.6 Å². The number of nitrogens with zero attached hydrogens (tertiary/aromatic N) is 1.